The highest BCUT2D eigenvalue weighted by molar-refractivity contribution is 8.00. The average molecular weight is 498 g/mol. The second-order valence-electron chi connectivity index (χ2n) is 6.51. The van der Waals surface area contributed by atoms with E-state index >= 15 is 0 Å². The summed E-state index contributed by atoms with van der Waals surface area (Å²) in [4.78, 5) is 29.4. The maximum atomic E-state index is 13.0. The number of halogens is 1. The molecule has 0 radical (unpaired) electrons. The van der Waals surface area contributed by atoms with E-state index in [0.717, 1.165) is 16.2 Å². The summed E-state index contributed by atoms with van der Waals surface area (Å²) in [5, 5.41) is 5.21. The Labute approximate surface area is 192 Å². The summed E-state index contributed by atoms with van der Waals surface area (Å²) in [5.41, 5.74) is 0.615. The number of nitrogens with two attached hydrogens (primary N) is 1. The number of sulfonamides is 1. The molecule has 2 N–H and O–H groups in total. The fourth-order valence-corrected chi connectivity index (χ4v) is 5.19. The summed E-state index contributed by atoms with van der Waals surface area (Å²) in [6.45, 7) is 2.16. The van der Waals surface area contributed by atoms with E-state index in [-0.39, 0.29) is 36.0 Å². The Morgan fingerprint density at radius 2 is 1.94 bits per heavy atom. The summed E-state index contributed by atoms with van der Waals surface area (Å²) in [5.74, 6) is -1.16. The van der Waals surface area contributed by atoms with Crippen LogP contribution in [0.3, 0.4) is 0 Å². The van der Waals surface area contributed by atoms with Crippen LogP contribution in [0.5, 0.6) is 0 Å². The van der Waals surface area contributed by atoms with Crippen molar-refractivity contribution in [3.8, 4) is 0 Å². The number of primary sulfonamides is 1. The van der Waals surface area contributed by atoms with Crippen molar-refractivity contribution in [3.63, 3.8) is 0 Å². The van der Waals surface area contributed by atoms with Crippen molar-refractivity contribution in [3.05, 3.63) is 53.1 Å². The van der Waals surface area contributed by atoms with Gasteiger partial charge in [-0.2, -0.15) is 4.99 Å². The first-order chi connectivity index (χ1) is 15.2. The molecule has 12 heteroatoms. The minimum atomic E-state index is -3.90. The number of thioether (sulfide) groups is 1. The first-order valence-electron chi connectivity index (χ1n) is 9.45. The minimum absolute atomic E-state index is 0.0280. The predicted molar refractivity (Wildman–Crippen MR) is 120 cm³/mol. The van der Waals surface area contributed by atoms with Gasteiger partial charge < -0.3 is 9.30 Å². The van der Waals surface area contributed by atoms with Crippen LogP contribution in [0.2, 0.25) is 0 Å². The fraction of sp³-hybridized carbons (Fsp3) is 0.250. The Kier molecular flexibility index (Phi) is 7.82. The molecule has 0 bridgehead atoms. The van der Waals surface area contributed by atoms with Crippen molar-refractivity contribution in [2.24, 2.45) is 10.1 Å². The molecule has 0 aliphatic heterocycles. The highest BCUT2D eigenvalue weighted by Crippen LogP contribution is 2.22. The zero-order chi connectivity index (χ0) is 23.3. The quantitative estimate of drug-likeness (QED) is 0.377. The number of carbonyl (C=O) groups is 2. The number of benzene rings is 2. The summed E-state index contributed by atoms with van der Waals surface area (Å²) >= 11 is 2.33. The van der Waals surface area contributed by atoms with E-state index in [1.54, 1.807) is 29.7 Å². The van der Waals surface area contributed by atoms with E-state index in [2.05, 4.69) is 4.99 Å². The number of amides is 1. The number of aryl methyl sites for hydroxylation is 1. The van der Waals surface area contributed by atoms with Gasteiger partial charge in [-0.1, -0.05) is 11.3 Å². The number of hydrogen-bond donors (Lipinski definition) is 1. The van der Waals surface area contributed by atoms with Gasteiger partial charge in [0.1, 0.15) is 5.82 Å². The molecular formula is C20H20FN3O5S3. The van der Waals surface area contributed by atoms with Gasteiger partial charge in [-0.15, -0.1) is 11.8 Å². The van der Waals surface area contributed by atoms with Crippen molar-refractivity contribution >= 4 is 55.2 Å². The lowest BCUT2D eigenvalue weighted by molar-refractivity contribution is -0.143. The maximum absolute atomic E-state index is 13.0. The molecule has 0 unspecified atom stereocenters. The molecule has 2 aromatic carbocycles. The maximum Gasteiger partial charge on any atom is 0.307 e. The van der Waals surface area contributed by atoms with Crippen LogP contribution in [-0.4, -0.2) is 37.2 Å². The summed E-state index contributed by atoms with van der Waals surface area (Å²) in [6, 6.07) is 10.1. The normalized spacial score (nSPS) is 12.3. The number of hydrogen-bond acceptors (Lipinski definition) is 7. The summed E-state index contributed by atoms with van der Waals surface area (Å²) in [7, 11) is -3.90. The third-order valence-corrected chi connectivity index (χ3v) is 7.17. The number of fused-ring (bicyclic) bond motifs is 1. The Balaban J connectivity index is 1.92. The second kappa shape index (κ2) is 10.4. The molecule has 1 heterocycles. The first-order valence-corrected chi connectivity index (χ1v) is 12.8. The van der Waals surface area contributed by atoms with Gasteiger partial charge in [0.25, 0.3) is 5.91 Å². The van der Waals surface area contributed by atoms with Crippen LogP contribution in [0.15, 0.2) is 57.2 Å². The molecule has 0 aliphatic rings. The zero-order valence-electron chi connectivity index (χ0n) is 17.0. The lowest BCUT2D eigenvalue weighted by atomic mass is 10.3. The third-order valence-electron chi connectivity index (χ3n) is 4.22. The lowest BCUT2D eigenvalue weighted by Gasteiger charge is -2.06. The first kappa shape index (κ1) is 24.1. The molecular weight excluding hydrogens is 477 g/mol. The number of ether oxygens (including phenoxy) is 1. The topological polar surface area (TPSA) is 121 Å². The lowest BCUT2D eigenvalue weighted by Crippen LogP contribution is -2.20. The molecule has 32 heavy (non-hydrogen) atoms. The van der Waals surface area contributed by atoms with Crippen LogP contribution in [0.25, 0.3) is 10.2 Å². The van der Waals surface area contributed by atoms with Gasteiger partial charge in [0.15, 0.2) is 4.80 Å². The monoisotopic (exact) mass is 497 g/mol. The Hall–Kier alpha value is -2.54. The van der Waals surface area contributed by atoms with Crippen molar-refractivity contribution in [1.29, 1.82) is 0 Å². The number of nitrogens with zero attached hydrogens (tertiary/aromatic N) is 2. The van der Waals surface area contributed by atoms with E-state index in [9.17, 15) is 22.4 Å². The van der Waals surface area contributed by atoms with Crippen molar-refractivity contribution in [2.45, 2.75) is 29.7 Å². The van der Waals surface area contributed by atoms with Crippen LogP contribution >= 0.6 is 23.1 Å². The van der Waals surface area contributed by atoms with Gasteiger partial charge in [0.05, 0.1) is 33.9 Å². The molecule has 3 rings (SSSR count). The SMILES string of the molecule is CCOC(=O)CCn1c(=NC(=O)CSc2ccc(F)cc2)sc2cc(S(N)(=O)=O)ccc21. The highest BCUT2D eigenvalue weighted by Gasteiger charge is 2.14. The molecule has 3 aromatic rings. The van der Waals surface area contributed by atoms with Crippen molar-refractivity contribution in [1.82, 2.24) is 4.57 Å². The largest absolute Gasteiger partial charge is 0.466 e. The fourth-order valence-electron chi connectivity index (χ4n) is 2.78. The van der Waals surface area contributed by atoms with E-state index in [4.69, 9.17) is 9.88 Å². The van der Waals surface area contributed by atoms with Gasteiger partial charge in [-0.3, -0.25) is 9.59 Å². The molecule has 8 nitrogen and oxygen atoms in total. The molecule has 170 valence electrons. The zero-order valence-corrected chi connectivity index (χ0v) is 19.4. The van der Waals surface area contributed by atoms with Gasteiger partial charge in [-0.25, -0.2) is 17.9 Å². The molecule has 1 amide bonds. The van der Waals surface area contributed by atoms with Gasteiger partial charge in [-0.05, 0) is 49.4 Å². The van der Waals surface area contributed by atoms with Crippen LogP contribution in [0, 0.1) is 5.82 Å². The van der Waals surface area contributed by atoms with E-state index < -0.39 is 21.9 Å². The molecule has 0 atom stereocenters. The predicted octanol–water partition coefficient (Wildman–Crippen LogP) is 2.66. The molecule has 0 saturated heterocycles. The smallest absolute Gasteiger partial charge is 0.307 e. The average Bonchev–Trinajstić information content (AvgIpc) is 3.07. The number of rotatable bonds is 8. The van der Waals surface area contributed by atoms with Crippen LogP contribution in [0.4, 0.5) is 4.39 Å². The summed E-state index contributed by atoms with van der Waals surface area (Å²) < 4.78 is 43.6. The van der Waals surface area contributed by atoms with Crippen LogP contribution < -0.4 is 9.94 Å². The molecule has 0 saturated carbocycles. The number of thiazole rings is 1. The number of carbonyl (C=O) groups excluding carboxylic acids is 2. The van der Waals surface area contributed by atoms with Crippen molar-refractivity contribution in [2.75, 3.05) is 12.4 Å². The Morgan fingerprint density at radius 1 is 1.22 bits per heavy atom. The Morgan fingerprint density at radius 3 is 2.59 bits per heavy atom. The molecule has 0 spiro atoms. The minimum Gasteiger partial charge on any atom is -0.466 e. The van der Waals surface area contributed by atoms with Crippen molar-refractivity contribution < 1.29 is 27.1 Å². The Bertz CT molecular complexity index is 1310. The van der Waals surface area contributed by atoms with E-state index in [0.29, 0.717) is 15.0 Å². The third kappa shape index (κ3) is 6.25. The van der Waals surface area contributed by atoms with Crippen LogP contribution in [-0.2, 0) is 30.9 Å². The summed E-state index contributed by atoms with van der Waals surface area (Å²) in [6.07, 6.45) is 0.0579. The van der Waals surface area contributed by atoms with Gasteiger partial charge in [0.2, 0.25) is 10.0 Å². The molecule has 0 fully saturated rings. The van der Waals surface area contributed by atoms with Gasteiger partial charge >= 0.3 is 5.97 Å². The number of esters is 1. The standard InChI is InChI=1S/C20H20FN3O5S3/c1-2-29-19(26)9-10-24-16-8-7-15(32(22,27)28)11-17(16)31-20(24)23-18(25)12-30-14-5-3-13(21)4-6-14/h3-8,11H,2,9-10,12H2,1H3,(H2,22,27,28). The van der Waals surface area contributed by atoms with E-state index in [1.807, 2.05) is 0 Å². The van der Waals surface area contributed by atoms with Crippen LogP contribution in [0.1, 0.15) is 13.3 Å². The van der Waals surface area contributed by atoms with E-state index in [1.165, 1.54) is 36.0 Å². The van der Waals surface area contributed by atoms with Gasteiger partial charge in [0, 0.05) is 11.4 Å². The molecule has 0 aliphatic carbocycles. The molecule has 1 aromatic heterocycles. The highest BCUT2D eigenvalue weighted by atomic mass is 32.2. The number of aromatic nitrogens is 1. The second-order valence-corrected chi connectivity index (χ2v) is 10.1.